The Balaban J connectivity index is 2.19. The highest BCUT2D eigenvalue weighted by Gasteiger charge is 2.17. The molecule has 0 saturated heterocycles. The van der Waals surface area contributed by atoms with Crippen LogP contribution in [0.15, 0.2) is 43.0 Å². The fraction of sp³-hybridized carbons (Fsp3) is 0.641. The molecule has 43 heavy (non-hydrogen) atoms. The van der Waals surface area contributed by atoms with E-state index >= 15 is 0 Å². The van der Waals surface area contributed by atoms with Crippen LogP contribution >= 0.6 is 0 Å². The number of hydrogen-bond acceptors (Lipinski definition) is 4. The van der Waals surface area contributed by atoms with Gasteiger partial charge in [0.2, 0.25) is 5.75 Å². The van der Waals surface area contributed by atoms with E-state index in [-0.39, 0.29) is 5.75 Å². The van der Waals surface area contributed by atoms with E-state index in [1.54, 1.807) is 12.1 Å². The number of aromatic hydroxyl groups is 1. The van der Waals surface area contributed by atoms with Crippen molar-refractivity contribution < 1.29 is 19.3 Å². The lowest BCUT2D eigenvalue weighted by molar-refractivity contribution is 0.234. The van der Waals surface area contributed by atoms with Gasteiger partial charge in [-0.1, -0.05) is 136 Å². The van der Waals surface area contributed by atoms with Gasteiger partial charge in [-0.25, -0.2) is 0 Å². The van der Waals surface area contributed by atoms with Crippen molar-refractivity contribution in [3.05, 3.63) is 54.1 Å². The second-order valence-corrected chi connectivity index (χ2v) is 12.1. The molecule has 0 bridgehead atoms. The molecule has 0 aliphatic rings. The first-order valence-electron chi connectivity index (χ1n) is 17.6. The Morgan fingerprint density at radius 2 is 0.953 bits per heavy atom. The van der Waals surface area contributed by atoms with Crippen LogP contribution in [0.5, 0.6) is 23.0 Å². The van der Waals surface area contributed by atoms with Crippen molar-refractivity contribution in [1.29, 1.82) is 0 Å². The molecule has 0 fully saturated rings. The van der Waals surface area contributed by atoms with E-state index in [1.807, 2.05) is 12.1 Å². The molecular formula is C39H62O4. The predicted molar refractivity (Wildman–Crippen MR) is 184 cm³/mol. The van der Waals surface area contributed by atoms with Crippen molar-refractivity contribution in [2.45, 2.75) is 143 Å². The maximum Gasteiger partial charge on any atom is 0.203 e. The summed E-state index contributed by atoms with van der Waals surface area (Å²) in [4.78, 5) is 0. The highest BCUT2D eigenvalue weighted by Crippen LogP contribution is 2.41. The first-order valence-corrected chi connectivity index (χ1v) is 17.6. The zero-order valence-electron chi connectivity index (χ0n) is 27.9. The molecule has 0 amide bonds. The van der Waals surface area contributed by atoms with E-state index in [2.05, 4.69) is 39.5 Å². The molecule has 2 aromatic rings. The molecule has 2 rings (SSSR count). The maximum absolute atomic E-state index is 9.71. The number of rotatable bonds is 27. The Morgan fingerprint density at radius 1 is 0.558 bits per heavy atom. The highest BCUT2D eigenvalue weighted by atomic mass is 16.5. The summed E-state index contributed by atoms with van der Waals surface area (Å²) in [5.74, 6) is 2.55. The van der Waals surface area contributed by atoms with Gasteiger partial charge in [-0.3, -0.25) is 0 Å². The van der Waals surface area contributed by atoms with Crippen LogP contribution in [0.25, 0.3) is 5.57 Å². The molecule has 0 heterocycles. The molecule has 242 valence electrons. The zero-order chi connectivity index (χ0) is 31.0. The van der Waals surface area contributed by atoms with Gasteiger partial charge in [-0.05, 0) is 66.6 Å². The summed E-state index contributed by atoms with van der Waals surface area (Å²) < 4.78 is 19.3. The monoisotopic (exact) mass is 594 g/mol. The van der Waals surface area contributed by atoms with Crippen molar-refractivity contribution in [2.75, 3.05) is 19.8 Å². The Kier molecular flexibility index (Phi) is 20.2. The smallest absolute Gasteiger partial charge is 0.203 e. The van der Waals surface area contributed by atoms with Gasteiger partial charge in [-0.2, -0.15) is 0 Å². The fourth-order valence-electron chi connectivity index (χ4n) is 5.29. The molecule has 0 aromatic heterocycles. The normalized spacial score (nSPS) is 11.0. The molecule has 0 atom stereocenters. The summed E-state index contributed by atoms with van der Waals surface area (Å²) >= 11 is 0. The highest BCUT2D eigenvalue weighted by molar-refractivity contribution is 5.71. The van der Waals surface area contributed by atoms with Crippen molar-refractivity contribution in [3.63, 3.8) is 0 Å². The van der Waals surface area contributed by atoms with Gasteiger partial charge >= 0.3 is 0 Å². The molecule has 0 saturated carbocycles. The average molecular weight is 595 g/mol. The minimum Gasteiger partial charge on any atom is -0.508 e. The minimum atomic E-state index is 0.275. The van der Waals surface area contributed by atoms with E-state index in [1.165, 1.54) is 96.3 Å². The number of ether oxygens (including phenoxy) is 3. The minimum absolute atomic E-state index is 0.275. The first kappa shape index (κ1) is 36.6. The van der Waals surface area contributed by atoms with Crippen LogP contribution in [0, 0.1) is 0 Å². The number of hydrogen-bond donors (Lipinski definition) is 1. The van der Waals surface area contributed by atoms with Gasteiger partial charge in [0.1, 0.15) is 5.75 Å². The van der Waals surface area contributed by atoms with Gasteiger partial charge in [-0.15, -0.1) is 0 Å². The fourth-order valence-corrected chi connectivity index (χ4v) is 5.29. The average Bonchev–Trinajstić information content (AvgIpc) is 3.01. The lowest BCUT2D eigenvalue weighted by atomic mass is 9.99. The second-order valence-electron chi connectivity index (χ2n) is 12.1. The summed E-state index contributed by atoms with van der Waals surface area (Å²) in [7, 11) is 0. The molecule has 0 aliphatic heterocycles. The van der Waals surface area contributed by atoms with Crippen LogP contribution in [-0.4, -0.2) is 24.9 Å². The van der Waals surface area contributed by atoms with E-state index < -0.39 is 0 Å². The van der Waals surface area contributed by atoms with E-state index in [0.29, 0.717) is 26.2 Å². The van der Waals surface area contributed by atoms with Gasteiger partial charge in [0.15, 0.2) is 11.5 Å². The predicted octanol–water partition coefficient (Wildman–Crippen LogP) is 11.9. The van der Waals surface area contributed by atoms with Crippen LogP contribution < -0.4 is 14.2 Å². The third kappa shape index (κ3) is 16.1. The van der Waals surface area contributed by atoms with Crippen molar-refractivity contribution in [1.82, 2.24) is 0 Å². The Labute approximate surface area is 264 Å². The summed E-state index contributed by atoms with van der Waals surface area (Å²) in [6, 6.07) is 11.5. The van der Waals surface area contributed by atoms with Gasteiger partial charge < -0.3 is 19.3 Å². The maximum atomic E-state index is 9.71. The lowest BCUT2D eigenvalue weighted by Crippen LogP contribution is -2.07. The molecule has 0 radical (unpaired) electrons. The largest absolute Gasteiger partial charge is 0.508 e. The summed E-state index contributed by atoms with van der Waals surface area (Å²) in [5.41, 5.74) is 3.10. The molecular weight excluding hydrogens is 532 g/mol. The SMILES string of the molecule is C=C(Cc1ccc(O)cc1)c1cc(OCCCCCCCC)c(OCCCCCCCC)c(OCCCCCCCC)c1. The molecule has 2 aromatic carbocycles. The van der Waals surface area contributed by atoms with Crippen LogP contribution in [0.4, 0.5) is 0 Å². The topological polar surface area (TPSA) is 47.9 Å². The van der Waals surface area contributed by atoms with Crippen molar-refractivity contribution in [2.24, 2.45) is 0 Å². The molecule has 4 nitrogen and oxygen atoms in total. The van der Waals surface area contributed by atoms with Crippen LogP contribution in [0.1, 0.15) is 147 Å². The molecule has 0 aliphatic carbocycles. The van der Waals surface area contributed by atoms with Crippen molar-refractivity contribution in [3.8, 4) is 23.0 Å². The number of phenols is 1. The van der Waals surface area contributed by atoms with Gasteiger partial charge in [0.25, 0.3) is 0 Å². The molecule has 4 heteroatoms. The van der Waals surface area contributed by atoms with E-state index in [4.69, 9.17) is 14.2 Å². The molecule has 0 unspecified atom stereocenters. The lowest BCUT2D eigenvalue weighted by Gasteiger charge is -2.20. The summed E-state index contributed by atoms with van der Waals surface area (Å²) in [6.45, 7) is 13.2. The summed E-state index contributed by atoms with van der Waals surface area (Å²) in [5, 5.41) is 9.71. The number of phenolic OH excluding ortho intramolecular Hbond substituents is 1. The Morgan fingerprint density at radius 3 is 1.40 bits per heavy atom. The number of unbranched alkanes of at least 4 members (excludes halogenated alkanes) is 15. The first-order chi connectivity index (χ1) is 21.1. The number of benzene rings is 2. The number of allylic oxidation sites excluding steroid dienone is 1. The van der Waals surface area contributed by atoms with Crippen LogP contribution in [0.2, 0.25) is 0 Å². The van der Waals surface area contributed by atoms with Gasteiger partial charge in [0.05, 0.1) is 19.8 Å². The van der Waals surface area contributed by atoms with Crippen LogP contribution in [0.3, 0.4) is 0 Å². The van der Waals surface area contributed by atoms with Crippen LogP contribution in [-0.2, 0) is 6.42 Å². The third-order valence-electron chi connectivity index (χ3n) is 8.04. The quantitative estimate of drug-likeness (QED) is 0.105. The molecule has 1 N–H and O–H groups in total. The molecule has 0 spiro atoms. The second kappa shape index (κ2) is 23.8. The standard InChI is InChI=1S/C39H62O4/c1-5-8-11-14-17-20-27-41-37-31-35(33(4)30-34-23-25-36(40)26-24-34)32-38(42-28-21-18-15-12-9-6-2)39(37)43-29-22-19-16-13-10-7-3/h23-26,31-32,40H,4-22,27-30H2,1-3H3. The van der Waals surface area contributed by atoms with Gasteiger partial charge in [0, 0.05) is 0 Å². The summed E-state index contributed by atoms with van der Waals surface area (Å²) in [6.07, 6.45) is 22.7. The third-order valence-corrected chi connectivity index (χ3v) is 8.04. The van der Waals surface area contributed by atoms with E-state index in [9.17, 15) is 5.11 Å². The van der Waals surface area contributed by atoms with E-state index in [0.717, 1.165) is 53.2 Å². The van der Waals surface area contributed by atoms with Crippen molar-refractivity contribution >= 4 is 5.57 Å². The Bertz CT molecular complexity index is 942. The zero-order valence-corrected chi connectivity index (χ0v) is 27.9. The Hall–Kier alpha value is -2.62.